The first-order valence-electron chi connectivity index (χ1n) is 8.18. The van der Waals surface area contributed by atoms with E-state index >= 15 is 0 Å². The minimum absolute atomic E-state index is 0.0288. The number of benzene rings is 1. The predicted molar refractivity (Wildman–Crippen MR) is 87.9 cm³/mol. The van der Waals surface area contributed by atoms with Crippen molar-refractivity contribution >= 4 is 5.78 Å². The molecule has 0 N–H and O–H groups in total. The van der Waals surface area contributed by atoms with Gasteiger partial charge in [0.15, 0.2) is 5.78 Å². The van der Waals surface area contributed by atoms with Gasteiger partial charge in [-0.25, -0.2) is 0 Å². The van der Waals surface area contributed by atoms with Crippen LogP contribution in [0.25, 0.3) is 0 Å². The van der Waals surface area contributed by atoms with Crippen LogP contribution in [-0.2, 0) is 6.42 Å². The average Bonchev–Trinajstić information content (AvgIpc) is 2.53. The van der Waals surface area contributed by atoms with E-state index in [4.69, 9.17) is 0 Å². The smallest absolute Gasteiger partial charge is 0.179 e. The van der Waals surface area contributed by atoms with Crippen molar-refractivity contribution in [3.05, 3.63) is 35.4 Å². The van der Waals surface area contributed by atoms with Crippen molar-refractivity contribution in [2.45, 2.75) is 46.2 Å². The topological polar surface area (TPSA) is 23.6 Å². The van der Waals surface area contributed by atoms with Gasteiger partial charge in [0.05, 0.1) is 6.04 Å². The molecule has 0 saturated carbocycles. The summed E-state index contributed by atoms with van der Waals surface area (Å²) in [5, 5.41) is 0. The molecule has 1 aliphatic heterocycles. The molecule has 2 unspecified atom stereocenters. The molecule has 3 nitrogen and oxygen atoms in total. The molecule has 1 saturated heterocycles. The van der Waals surface area contributed by atoms with Crippen LogP contribution < -0.4 is 0 Å². The maximum Gasteiger partial charge on any atom is 0.179 e. The summed E-state index contributed by atoms with van der Waals surface area (Å²) in [6, 6.07) is 8.59. The van der Waals surface area contributed by atoms with E-state index in [0.717, 1.165) is 38.2 Å². The van der Waals surface area contributed by atoms with Crippen LogP contribution in [0, 0.1) is 0 Å². The molecule has 3 heteroatoms. The maximum absolute atomic E-state index is 12.6. The van der Waals surface area contributed by atoms with E-state index in [1.165, 1.54) is 5.56 Å². The second-order valence-electron chi connectivity index (χ2n) is 6.06. The van der Waals surface area contributed by atoms with Gasteiger partial charge in [-0.1, -0.05) is 38.1 Å². The first-order chi connectivity index (χ1) is 10.1. The maximum atomic E-state index is 12.6. The average molecular weight is 288 g/mol. The lowest BCUT2D eigenvalue weighted by Gasteiger charge is -2.41. The molecular weight excluding hydrogens is 260 g/mol. The molecule has 1 aromatic carbocycles. The minimum Gasteiger partial charge on any atom is -0.298 e. The van der Waals surface area contributed by atoms with Gasteiger partial charge in [0.1, 0.15) is 0 Å². The second-order valence-corrected chi connectivity index (χ2v) is 6.06. The van der Waals surface area contributed by atoms with Gasteiger partial charge >= 0.3 is 0 Å². The summed E-state index contributed by atoms with van der Waals surface area (Å²) < 4.78 is 0. The van der Waals surface area contributed by atoms with Crippen molar-refractivity contribution in [3.8, 4) is 0 Å². The first-order valence-corrected chi connectivity index (χ1v) is 8.18. The number of hydrogen-bond donors (Lipinski definition) is 0. The standard InChI is InChI=1S/C18H28N2O/c1-5-16-7-9-17(10-8-16)18(21)15(4)20-12-11-19(6-2)14(3)13-20/h7-10,14-15H,5-6,11-13H2,1-4H3. The summed E-state index contributed by atoms with van der Waals surface area (Å²) in [6.45, 7) is 12.8. The number of carbonyl (C=O) groups is 1. The fourth-order valence-electron chi connectivity index (χ4n) is 3.16. The fourth-order valence-corrected chi connectivity index (χ4v) is 3.16. The fraction of sp³-hybridized carbons (Fsp3) is 0.611. The molecule has 21 heavy (non-hydrogen) atoms. The molecular formula is C18H28N2O. The van der Waals surface area contributed by atoms with E-state index in [2.05, 4.69) is 42.7 Å². The summed E-state index contributed by atoms with van der Waals surface area (Å²) >= 11 is 0. The Balaban J connectivity index is 2.02. The second kappa shape index (κ2) is 7.19. The number of rotatable bonds is 5. The predicted octanol–water partition coefficient (Wildman–Crippen LogP) is 2.85. The highest BCUT2D eigenvalue weighted by Gasteiger charge is 2.29. The number of hydrogen-bond acceptors (Lipinski definition) is 3. The number of ketones is 1. The molecule has 0 aromatic heterocycles. The van der Waals surface area contributed by atoms with Crippen molar-refractivity contribution in [2.75, 3.05) is 26.2 Å². The third-order valence-corrected chi connectivity index (χ3v) is 4.78. The zero-order valence-corrected chi connectivity index (χ0v) is 13.8. The number of Topliss-reactive ketones (excluding diaryl/α,β-unsaturated/α-hetero) is 1. The number of aryl methyl sites for hydroxylation is 1. The quantitative estimate of drug-likeness (QED) is 0.778. The van der Waals surface area contributed by atoms with E-state index in [0.29, 0.717) is 6.04 Å². The molecule has 0 amide bonds. The Morgan fingerprint density at radius 2 is 1.90 bits per heavy atom. The van der Waals surface area contributed by atoms with Gasteiger partial charge in [0.25, 0.3) is 0 Å². The molecule has 1 heterocycles. The lowest BCUT2D eigenvalue weighted by molar-refractivity contribution is 0.0533. The van der Waals surface area contributed by atoms with E-state index in [1.807, 2.05) is 19.1 Å². The van der Waals surface area contributed by atoms with Crippen molar-refractivity contribution in [3.63, 3.8) is 0 Å². The third kappa shape index (κ3) is 3.72. The molecule has 2 rings (SSSR count). The number of piperazine rings is 1. The van der Waals surface area contributed by atoms with Crippen LogP contribution in [0.15, 0.2) is 24.3 Å². The molecule has 0 radical (unpaired) electrons. The normalized spacial score (nSPS) is 22.2. The van der Waals surface area contributed by atoms with Crippen LogP contribution >= 0.6 is 0 Å². The van der Waals surface area contributed by atoms with Crippen LogP contribution in [0.1, 0.15) is 43.6 Å². The molecule has 2 atom stereocenters. The van der Waals surface area contributed by atoms with Crippen LogP contribution in [0.3, 0.4) is 0 Å². The van der Waals surface area contributed by atoms with Gasteiger partial charge in [-0.05, 0) is 32.4 Å². The van der Waals surface area contributed by atoms with Crippen LogP contribution in [-0.4, -0.2) is 53.8 Å². The minimum atomic E-state index is -0.0288. The van der Waals surface area contributed by atoms with E-state index < -0.39 is 0 Å². The molecule has 1 aliphatic rings. The molecule has 116 valence electrons. The summed E-state index contributed by atoms with van der Waals surface area (Å²) in [4.78, 5) is 17.4. The zero-order chi connectivity index (χ0) is 15.4. The van der Waals surface area contributed by atoms with Gasteiger partial charge in [-0.3, -0.25) is 14.6 Å². The Kier molecular flexibility index (Phi) is 5.54. The lowest BCUT2D eigenvalue weighted by atomic mass is 10.0. The Morgan fingerprint density at radius 1 is 1.24 bits per heavy atom. The van der Waals surface area contributed by atoms with Gasteiger partial charge in [-0.15, -0.1) is 0 Å². The zero-order valence-electron chi connectivity index (χ0n) is 13.8. The van der Waals surface area contributed by atoms with Crippen molar-refractivity contribution in [1.29, 1.82) is 0 Å². The van der Waals surface area contributed by atoms with E-state index in [9.17, 15) is 4.79 Å². The molecule has 0 bridgehead atoms. The van der Waals surface area contributed by atoms with Crippen molar-refractivity contribution < 1.29 is 4.79 Å². The highest BCUT2D eigenvalue weighted by atomic mass is 16.1. The van der Waals surface area contributed by atoms with Crippen molar-refractivity contribution in [2.24, 2.45) is 0 Å². The monoisotopic (exact) mass is 288 g/mol. The van der Waals surface area contributed by atoms with Crippen LogP contribution in [0.5, 0.6) is 0 Å². The number of carbonyl (C=O) groups excluding carboxylic acids is 1. The summed E-state index contributed by atoms with van der Waals surface area (Å²) in [7, 11) is 0. The summed E-state index contributed by atoms with van der Waals surface area (Å²) in [5.74, 6) is 0.245. The van der Waals surface area contributed by atoms with Crippen LogP contribution in [0.2, 0.25) is 0 Å². The molecule has 1 fully saturated rings. The summed E-state index contributed by atoms with van der Waals surface area (Å²) in [5.41, 5.74) is 2.12. The van der Waals surface area contributed by atoms with Gasteiger partial charge in [0, 0.05) is 31.2 Å². The van der Waals surface area contributed by atoms with Gasteiger partial charge < -0.3 is 0 Å². The largest absolute Gasteiger partial charge is 0.298 e. The SMILES string of the molecule is CCc1ccc(C(=O)C(C)N2CCN(CC)C(C)C2)cc1. The Morgan fingerprint density at radius 3 is 2.43 bits per heavy atom. The highest BCUT2D eigenvalue weighted by molar-refractivity contribution is 5.99. The van der Waals surface area contributed by atoms with Crippen LogP contribution in [0.4, 0.5) is 0 Å². The molecule has 0 spiro atoms. The highest BCUT2D eigenvalue weighted by Crippen LogP contribution is 2.16. The lowest BCUT2D eigenvalue weighted by Crippen LogP contribution is -2.55. The Hall–Kier alpha value is -1.19. The van der Waals surface area contributed by atoms with Gasteiger partial charge in [-0.2, -0.15) is 0 Å². The van der Waals surface area contributed by atoms with E-state index in [-0.39, 0.29) is 11.8 Å². The Bertz CT molecular complexity index is 469. The Labute approximate surface area is 128 Å². The first kappa shape index (κ1) is 16.2. The number of likely N-dealkylation sites (N-methyl/N-ethyl adjacent to an activating group) is 1. The summed E-state index contributed by atoms with van der Waals surface area (Å²) in [6.07, 6.45) is 1.01. The van der Waals surface area contributed by atoms with Gasteiger partial charge in [0.2, 0.25) is 0 Å². The third-order valence-electron chi connectivity index (χ3n) is 4.78. The molecule has 0 aliphatic carbocycles. The van der Waals surface area contributed by atoms with Crippen molar-refractivity contribution in [1.82, 2.24) is 9.80 Å². The molecule has 1 aromatic rings. The van der Waals surface area contributed by atoms with E-state index in [1.54, 1.807) is 0 Å². The number of nitrogens with zero attached hydrogens (tertiary/aromatic N) is 2.